The van der Waals surface area contributed by atoms with E-state index in [0.717, 1.165) is 11.4 Å². The summed E-state index contributed by atoms with van der Waals surface area (Å²) in [7, 11) is 1.69. The first-order valence-corrected chi connectivity index (χ1v) is 9.55. The standard InChI is InChI=1S/C22H26N2O2/c1-14-17(8-5-13-23-14)22(25)24-21-19-7-4-3-6-18(19)20(21)15-9-11-16(26-2)12-10-15/h5,8-13,18-21H,3-4,6-7H2,1-2H3,(H,24,25)/t18?,19?,20-,21-/m0/s1. The van der Waals surface area contributed by atoms with E-state index in [1.165, 1.54) is 31.2 Å². The van der Waals surface area contributed by atoms with Crippen LogP contribution in [0.25, 0.3) is 0 Å². The number of amides is 1. The zero-order valence-electron chi connectivity index (χ0n) is 15.4. The molecule has 0 aliphatic heterocycles. The van der Waals surface area contributed by atoms with Crippen molar-refractivity contribution in [2.75, 3.05) is 7.11 Å². The van der Waals surface area contributed by atoms with Crippen LogP contribution >= 0.6 is 0 Å². The Labute approximate surface area is 155 Å². The first kappa shape index (κ1) is 17.1. The summed E-state index contributed by atoms with van der Waals surface area (Å²) in [5, 5.41) is 3.34. The lowest BCUT2D eigenvalue weighted by atomic mass is 9.53. The van der Waals surface area contributed by atoms with Crippen LogP contribution in [0.4, 0.5) is 0 Å². The molecular weight excluding hydrogens is 324 g/mol. The zero-order chi connectivity index (χ0) is 18.1. The quantitative estimate of drug-likeness (QED) is 0.903. The number of benzene rings is 1. The van der Waals surface area contributed by atoms with Gasteiger partial charge in [0.1, 0.15) is 5.75 Å². The van der Waals surface area contributed by atoms with Crippen molar-refractivity contribution in [2.45, 2.75) is 44.6 Å². The van der Waals surface area contributed by atoms with Crippen molar-refractivity contribution < 1.29 is 9.53 Å². The molecule has 2 aliphatic carbocycles. The number of carbonyl (C=O) groups is 1. The van der Waals surface area contributed by atoms with E-state index in [9.17, 15) is 4.79 Å². The molecule has 0 saturated heterocycles. The molecule has 0 spiro atoms. The van der Waals surface area contributed by atoms with Gasteiger partial charge in [-0.2, -0.15) is 0 Å². The number of methoxy groups -OCH3 is 1. The van der Waals surface area contributed by atoms with Crippen molar-refractivity contribution in [2.24, 2.45) is 11.8 Å². The van der Waals surface area contributed by atoms with Crippen LogP contribution in [0.2, 0.25) is 0 Å². The number of hydrogen-bond acceptors (Lipinski definition) is 3. The molecule has 1 heterocycles. The third kappa shape index (κ3) is 2.98. The second kappa shape index (κ2) is 7.10. The van der Waals surface area contributed by atoms with Gasteiger partial charge in [-0.05, 0) is 61.4 Å². The molecular formula is C22H26N2O2. The summed E-state index contributed by atoms with van der Waals surface area (Å²) in [5.41, 5.74) is 2.77. The van der Waals surface area contributed by atoms with Crippen molar-refractivity contribution in [3.05, 3.63) is 59.4 Å². The molecule has 0 bridgehead atoms. The van der Waals surface area contributed by atoms with E-state index in [-0.39, 0.29) is 11.9 Å². The van der Waals surface area contributed by atoms with E-state index in [1.54, 1.807) is 13.3 Å². The third-order valence-corrected chi connectivity index (χ3v) is 6.23. The molecule has 4 heteroatoms. The number of rotatable bonds is 4. The predicted molar refractivity (Wildman–Crippen MR) is 101 cm³/mol. The minimum absolute atomic E-state index is 0.00290. The topological polar surface area (TPSA) is 51.2 Å². The molecule has 2 unspecified atom stereocenters. The van der Waals surface area contributed by atoms with Crippen molar-refractivity contribution in [3.63, 3.8) is 0 Å². The highest BCUT2D eigenvalue weighted by Crippen LogP contribution is 2.54. The van der Waals surface area contributed by atoms with Gasteiger partial charge in [0, 0.05) is 23.9 Å². The molecule has 0 radical (unpaired) electrons. The highest BCUT2D eigenvalue weighted by molar-refractivity contribution is 5.95. The summed E-state index contributed by atoms with van der Waals surface area (Å²) in [6, 6.07) is 12.3. The molecule has 2 aliphatic rings. The fourth-order valence-electron chi connectivity index (χ4n) is 4.90. The second-order valence-corrected chi connectivity index (χ2v) is 7.55. The molecule has 4 atom stereocenters. The Morgan fingerprint density at radius 1 is 1.12 bits per heavy atom. The Morgan fingerprint density at radius 3 is 2.54 bits per heavy atom. The van der Waals surface area contributed by atoms with Crippen molar-refractivity contribution in [1.29, 1.82) is 0 Å². The van der Waals surface area contributed by atoms with Gasteiger partial charge in [0.25, 0.3) is 5.91 Å². The Kier molecular flexibility index (Phi) is 4.66. The van der Waals surface area contributed by atoms with Crippen LogP contribution in [0, 0.1) is 18.8 Å². The van der Waals surface area contributed by atoms with Gasteiger partial charge in [0.05, 0.1) is 12.7 Å². The lowest BCUT2D eigenvalue weighted by Gasteiger charge is -2.55. The van der Waals surface area contributed by atoms with Crippen LogP contribution in [-0.2, 0) is 0 Å². The number of aryl methyl sites for hydroxylation is 1. The van der Waals surface area contributed by atoms with Gasteiger partial charge >= 0.3 is 0 Å². The van der Waals surface area contributed by atoms with Gasteiger partial charge in [-0.3, -0.25) is 9.78 Å². The minimum atomic E-state index is 0.00290. The maximum absolute atomic E-state index is 12.8. The van der Waals surface area contributed by atoms with Crippen molar-refractivity contribution >= 4 is 5.91 Å². The largest absolute Gasteiger partial charge is 0.497 e. The number of hydrogen-bond donors (Lipinski definition) is 1. The second-order valence-electron chi connectivity index (χ2n) is 7.55. The molecule has 1 N–H and O–H groups in total. The molecule has 136 valence electrons. The number of aromatic nitrogens is 1. The van der Waals surface area contributed by atoms with Gasteiger partial charge in [-0.15, -0.1) is 0 Å². The highest BCUT2D eigenvalue weighted by atomic mass is 16.5. The van der Waals surface area contributed by atoms with E-state index < -0.39 is 0 Å². The van der Waals surface area contributed by atoms with E-state index in [0.29, 0.717) is 23.3 Å². The summed E-state index contributed by atoms with van der Waals surface area (Å²) in [6.45, 7) is 1.89. The van der Waals surface area contributed by atoms with Crippen LogP contribution in [0.1, 0.15) is 53.2 Å². The van der Waals surface area contributed by atoms with Gasteiger partial charge in [0.15, 0.2) is 0 Å². The van der Waals surface area contributed by atoms with Crippen LogP contribution in [0.3, 0.4) is 0 Å². The van der Waals surface area contributed by atoms with E-state index in [1.807, 2.05) is 31.2 Å². The van der Waals surface area contributed by atoms with E-state index >= 15 is 0 Å². The Balaban J connectivity index is 1.57. The normalized spacial score (nSPS) is 27.2. The molecule has 1 aromatic carbocycles. The molecule has 1 aromatic heterocycles. The summed E-state index contributed by atoms with van der Waals surface area (Å²) < 4.78 is 5.29. The molecule has 2 saturated carbocycles. The number of ether oxygens (including phenoxy) is 1. The van der Waals surface area contributed by atoms with Crippen molar-refractivity contribution in [1.82, 2.24) is 10.3 Å². The van der Waals surface area contributed by atoms with Gasteiger partial charge in [0.2, 0.25) is 0 Å². The number of fused-ring (bicyclic) bond motifs is 1. The Hall–Kier alpha value is -2.36. The van der Waals surface area contributed by atoms with Crippen molar-refractivity contribution in [3.8, 4) is 5.75 Å². The first-order chi connectivity index (χ1) is 12.7. The van der Waals surface area contributed by atoms with Crippen LogP contribution in [0.5, 0.6) is 5.75 Å². The Morgan fingerprint density at radius 2 is 1.85 bits per heavy atom. The summed E-state index contributed by atoms with van der Waals surface area (Å²) >= 11 is 0. The fourth-order valence-corrected chi connectivity index (χ4v) is 4.90. The lowest BCUT2D eigenvalue weighted by molar-refractivity contribution is 0.0251. The zero-order valence-corrected chi connectivity index (χ0v) is 15.4. The molecule has 2 fully saturated rings. The summed E-state index contributed by atoms with van der Waals surface area (Å²) in [6.07, 6.45) is 6.78. The molecule has 1 amide bonds. The Bertz CT molecular complexity index is 787. The average molecular weight is 350 g/mol. The monoisotopic (exact) mass is 350 g/mol. The first-order valence-electron chi connectivity index (χ1n) is 9.55. The fraction of sp³-hybridized carbons (Fsp3) is 0.455. The van der Waals surface area contributed by atoms with Crippen LogP contribution < -0.4 is 10.1 Å². The highest BCUT2D eigenvalue weighted by Gasteiger charge is 2.51. The minimum Gasteiger partial charge on any atom is -0.497 e. The molecule has 4 rings (SSSR count). The number of carbonyl (C=O) groups excluding carboxylic acids is 1. The summed E-state index contributed by atoms with van der Waals surface area (Å²) in [5.74, 6) is 2.55. The number of nitrogens with zero attached hydrogens (tertiary/aromatic N) is 1. The number of nitrogens with one attached hydrogen (secondary N) is 1. The third-order valence-electron chi connectivity index (χ3n) is 6.23. The van der Waals surface area contributed by atoms with Gasteiger partial charge in [-0.25, -0.2) is 0 Å². The SMILES string of the molecule is COc1ccc([C@H]2C3CCCCC3[C@@H]2NC(=O)c2cccnc2C)cc1. The lowest BCUT2D eigenvalue weighted by Crippen LogP contribution is -2.59. The molecule has 26 heavy (non-hydrogen) atoms. The maximum atomic E-state index is 12.8. The molecule has 2 aromatic rings. The van der Waals surface area contributed by atoms with E-state index in [2.05, 4.69) is 22.4 Å². The predicted octanol–water partition coefficient (Wildman–Crippen LogP) is 4.10. The van der Waals surface area contributed by atoms with Gasteiger partial charge in [-0.1, -0.05) is 25.0 Å². The number of pyridine rings is 1. The smallest absolute Gasteiger partial charge is 0.253 e. The van der Waals surface area contributed by atoms with Crippen LogP contribution in [-0.4, -0.2) is 24.0 Å². The molecule has 4 nitrogen and oxygen atoms in total. The van der Waals surface area contributed by atoms with Crippen LogP contribution in [0.15, 0.2) is 42.6 Å². The maximum Gasteiger partial charge on any atom is 0.253 e. The van der Waals surface area contributed by atoms with Gasteiger partial charge < -0.3 is 10.1 Å². The summed E-state index contributed by atoms with van der Waals surface area (Å²) in [4.78, 5) is 17.1. The van der Waals surface area contributed by atoms with E-state index in [4.69, 9.17) is 4.74 Å². The average Bonchev–Trinajstić information content (AvgIpc) is 2.67.